The van der Waals surface area contributed by atoms with Crippen molar-refractivity contribution < 1.29 is 13.9 Å². The van der Waals surface area contributed by atoms with Gasteiger partial charge < -0.3 is 13.9 Å². The lowest BCUT2D eigenvalue weighted by Crippen LogP contribution is -2.02. The summed E-state index contributed by atoms with van der Waals surface area (Å²) in [7, 11) is 0. The third-order valence-corrected chi connectivity index (χ3v) is 2.30. The largest absolute Gasteiger partial charge is 0.493 e. The summed E-state index contributed by atoms with van der Waals surface area (Å²) in [4.78, 5) is 11.4. The number of hydrogen-bond acceptors (Lipinski definition) is 4. The molecule has 0 aliphatic heterocycles. The Hall–Kier alpha value is -1.97. The second-order valence-corrected chi connectivity index (χ2v) is 3.43. The summed E-state index contributed by atoms with van der Waals surface area (Å²) in [6.45, 7) is 4.76. The summed E-state index contributed by atoms with van der Waals surface area (Å²) >= 11 is 0. The molecule has 1 heterocycles. The van der Waals surface area contributed by atoms with Crippen LogP contribution in [0.25, 0.3) is 11.0 Å². The van der Waals surface area contributed by atoms with Crippen LogP contribution in [0.1, 0.15) is 13.8 Å². The van der Waals surface area contributed by atoms with Gasteiger partial charge in [0, 0.05) is 0 Å². The highest BCUT2D eigenvalue weighted by Gasteiger charge is 2.10. The zero-order valence-electron chi connectivity index (χ0n) is 9.86. The third kappa shape index (κ3) is 2.25. The molecule has 90 valence electrons. The van der Waals surface area contributed by atoms with Gasteiger partial charge in [0.25, 0.3) is 0 Å². The Morgan fingerprint density at radius 2 is 1.82 bits per heavy atom. The average molecular weight is 234 g/mol. The molecule has 0 saturated carbocycles. The van der Waals surface area contributed by atoms with Crippen molar-refractivity contribution in [3.63, 3.8) is 0 Å². The van der Waals surface area contributed by atoms with Crippen LogP contribution >= 0.6 is 0 Å². The topological polar surface area (TPSA) is 48.7 Å². The number of ether oxygens (including phenoxy) is 2. The Morgan fingerprint density at radius 1 is 1.12 bits per heavy atom. The predicted octanol–water partition coefficient (Wildman–Crippen LogP) is 2.59. The zero-order chi connectivity index (χ0) is 12.3. The highest BCUT2D eigenvalue weighted by molar-refractivity contribution is 5.87. The highest BCUT2D eigenvalue weighted by Crippen LogP contribution is 2.30. The van der Waals surface area contributed by atoms with E-state index in [0.717, 1.165) is 5.39 Å². The van der Waals surface area contributed by atoms with E-state index in [2.05, 4.69) is 0 Å². The molecule has 0 atom stereocenters. The second kappa shape index (κ2) is 4.91. The van der Waals surface area contributed by atoms with Crippen molar-refractivity contribution in [1.29, 1.82) is 0 Å². The van der Waals surface area contributed by atoms with Gasteiger partial charge in [0.1, 0.15) is 5.75 Å². The zero-order valence-corrected chi connectivity index (χ0v) is 9.86. The minimum atomic E-state index is -0.437. The van der Waals surface area contributed by atoms with Crippen LogP contribution in [0, 0.1) is 0 Å². The fourth-order valence-electron chi connectivity index (χ4n) is 1.67. The third-order valence-electron chi connectivity index (χ3n) is 2.30. The van der Waals surface area contributed by atoms with Crippen LogP contribution < -0.4 is 15.1 Å². The Bertz CT molecular complexity index is 571. The molecule has 1 aromatic heterocycles. The molecule has 0 bridgehead atoms. The molecule has 0 saturated heterocycles. The van der Waals surface area contributed by atoms with Gasteiger partial charge in [-0.15, -0.1) is 0 Å². The molecule has 0 spiro atoms. The summed E-state index contributed by atoms with van der Waals surface area (Å²) in [5, 5.41) is 0.748. The summed E-state index contributed by atoms with van der Waals surface area (Å²) in [5.74, 6) is 1.09. The predicted molar refractivity (Wildman–Crippen MR) is 64.8 cm³/mol. The van der Waals surface area contributed by atoms with Gasteiger partial charge in [-0.05, 0) is 26.0 Å². The van der Waals surface area contributed by atoms with E-state index in [4.69, 9.17) is 13.9 Å². The molecule has 2 rings (SSSR count). The Morgan fingerprint density at radius 3 is 2.53 bits per heavy atom. The van der Waals surface area contributed by atoms with E-state index >= 15 is 0 Å². The maximum Gasteiger partial charge on any atom is 0.340 e. The van der Waals surface area contributed by atoms with Gasteiger partial charge in [-0.2, -0.15) is 0 Å². The molecule has 0 amide bonds. The van der Waals surface area contributed by atoms with Crippen LogP contribution in [0.5, 0.6) is 11.5 Å². The van der Waals surface area contributed by atoms with Crippen LogP contribution in [-0.2, 0) is 0 Å². The summed E-state index contributed by atoms with van der Waals surface area (Å²) in [6, 6.07) is 6.80. The van der Waals surface area contributed by atoms with Crippen molar-refractivity contribution >= 4 is 11.0 Å². The summed E-state index contributed by atoms with van der Waals surface area (Å²) < 4.78 is 16.0. The van der Waals surface area contributed by atoms with Crippen LogP contribution in [0.2, 0.25) is 0 Å². The minimum Gasteiger partial charge on any atom is -0.493 e. The molecule has 4 nitrogen and oxygen atoms in total. The van der Waals surface area contributed by atoms with Crippen LogP contribution in [0.3, 0.4) is 0 Å². The first kappa shape index (κ1) is 11.5. The number of fused-ring (bicyclic) bond motifs is 1. The Labute approximate surface area is 98.8 Å². The lowest BCUT2D eigenvalue weighted by atomic mass is 10.2. The molecule has 0 aliphatic carbocycles. The van der Waals surface area contributed by atoms with E-state index in [9.17, 15) is 4.79 Å². The van der Waals surface area contributed by atoms with Crippen molar-refractivity contribution in [2.24, 2.45) is 0 Å². The normalized spacial score (nSPS) is 10.5. The number of hydrogen-bond donors (Lipinski definition) is 0. The summed E-state index contributed by atoms with van der Waals surface area (Å²) in [5.41, 5.74) is -0.00148. The van der Waals surface area contributed by atoms with Crippen LogP contribution in [-0.4, -0.2) is 13.2 Å². The van der Waals surface area contributed by atoms with E-state index in [0.29, 0.717) is 30.3 Å². The monoisotopic (exact) mass is 234 g/mol. The van der Waals surface area contributed by atoms with Crippen molar-refractivity contribution in [3.8, 4) is 11.5 Å². The van der Waals surface area contributed by atoms with Crippen molar-refractivity contribution in [2.75, 3.05) is 13.2 Å². The summed E-state index contributed by atoms with van der Waals surface area (Å²) in [6.07, 6.45) is 0. The maximum absolute atomic E-state index is 11.4. The average Bonchev–Trinajstić information content (AvgIpc) is 2.31. The molecular weight excluding hydrogens is 220 g/mol. The van der Waals surface area contributed by atoms with Gasteiger partial charge in [0.15, 0.2) is 11.3 Å². The molecule has 17 heavy (non-hydrogen) atoms. The van der Waals surface area contributed by atoms with E-state index in [1.54, 1.807) is 6.07 Å². The first-order valence-electron chi connectivity index (χ1n) is 5.58. The molecule has 2 aromatic rings. The van der Waals surface area contributed by atoms with Gasteiger partial charge in [-0.1, -0.05) is 6.07 Å². The van der Waals surface area contributed by atoms with E-state index < -0.39 is 5.63 Å². The number of rotatable bonds is 4. The minimum absolute atomic E-state index is 0.435. The molecule has 0 fully saturated rings. The van der Waals surface area contributed by atoms with Gasteiger partial charge in [0.05, 0.1) is 24.7 Å². The van der Waals surface area contributed by atoms with E-state index in [-0.39, 0.29) is 0 Å². The van der Waals surface area contributed by atoms with E-state index in [1.165, 1.54) is 6.07 Å². The second-order valence-electron chi connectivity index (χ2n) is 3.43. The fourth-order valence-corrected chi connectivity index (χ4v) is 1.67. The number of benzene rings is 1. The Balaban J connectivity index is 2.69. The first-order valence-corrected chi connectivity index (χ1v) is 5.58. The lowest BCUT2D eigenvalue weighted by molar-refractivity contribution is 0.331. The molecule has 0 unspecified atom stereocenters. The lowest BCUT2D eigenvalue weighted by Gasteiger charge is -2.09. The molecule has 4 heteroatoms. The van der Waals surface area contributed by atoms with Crippen LogP contribution in [0.4, 0.5) is 0 Å². The smallest absolute Gasteiger partial charge is 0.340 e. The number of para-hydroxylation sites is 1. The molecule has 0 N–H and O–H groups in total. The van der Waals surface area contributed by atoms with Crippen molar-refractivity contribution in [1.82, 2.24) is 0 Å². The van der Waals surface area contributed by atoms with Gasteiger partial charge in [0.2, 0.25) is 0 Å². The van der Waals surface area contributed by atoms with Gasteiger partial charge >= 0.3 is 5.63 Å². The van der Waals surface area contributed by atoms with Gasteiger partial charge in [-0.3, -0.25) is 0 Å². The van der Waals surface area contributed by atoms with E-state index in [1.807, 2.05) is 26.0 Å². The molecule has 0 radical (unpaired) electrons. The van der Waals surface area contributed by atoms with Crippen LogP contribution in [0.15, 0.2) is 33.5 Å². The highest BCUT2D eigenvalue weighted by atomic mass is 16.5. The first-order chi connectivity index (χ1) is 8.26. The fraction of sp³-hybridized carbons (Fsp3) is 0.308. The standard InChI is InChI=1S/C13H14O4/c1-3-15-10-7-5-6-9-11(16-4-2)8-12(14)17-13(9)10/h5-8H,3-4H2,1-2H3. The van der Waals surface area contributed by atoms with Crippen molar-refractivity contribution in [3.05, 3.63) is 34.7 Å². The van der Waals surface area contributed by atoms with Gasteiger partial charge in [-0.25, -0.2) is 4.79 Å². The Kier molecular flexibility index (Phi) is 3.32. The maximum atomic E-state index is 11.4. The molecular formula is C13H14O4. The molecule has 1 aromatic carbocycles. The molecule has 0 aliphatic rings. The van der Waals surface area contributed by atoms with Crippen molar-refractivity contribution in [2.45, 2.75) is 13.8 Å². The quantitative estimate of drug-likeness (QED) is 0.763. The SMILES string of the molecule is CCOc1cc(=O)oc2c(OCC)cccc12.